The average molecular weight is 327 g/mol. The van der Waals surface area contributed by atoms with Crippen molar-refractivity contribution in [2.24, 2.45) is 0 Å². The molecule has 2 N–H and O–H groups in total. The van der Waals surface area contributed by atoms with E-state index in [-0.39, 0.29) is 18.7 Å². The van der Waals surface area contributed by atoms with Crippen LogP contribution in [0.3, 0.4) is 0 Å². The zero-order chi connectivity index (χ0) is 16.8. The second-order valence-electron chi connectivity index (χ2n) is 6.44. The lowest BCUT2D eigenvalue weighted by molar-refractivity contribution is -0.136. The summed E-state index contributed by atoms with van der Waals surface area (Å²) in [6.45, 7) is 1.80. The van der Waals surface area contributed by atoms with Gasteiger partial charge in [0.05, 0.1) is 11.1 Å². The number of nitrogens with zero attached hydrogens (tertiary/aromatic N) is 1. The van der Waals surface area contributed by atoms with Crippen molar-refractivity contribution < 1.29 is 19.2 Å². The number of carbonyl (C=O) groups is 4. The first-order chi connectivity index (χ1) is 11.6. The molecule has 0 aliphatic carbocycles. The van der Waals surface area contributed by atoms with E-state index in [2.05, 4.69) is 10.6 Å². The van der Waals surface area contributed by atoms with Crippen LogP contribution in [0, 0.1) is 0 Å². The van der Waals surface area contributed by atoms with Crippen LogP contribution < -0.4 is 10.6 Å². The Morgan fingerprint density at radius 3 is 2.50 bits per heavy atom. The molecular formula is C17H17N3O4. The second-order valence-corrected chi connectivity index (χ2v) is 6.44. The van der Waals surface area contributed by atoms with Gasteiger partial charge in [0.25, 0.3) is 11.8 Å². The third kappa shape index (κ3) is 2.24. The highest BCUT2D eigenvalue weighted by Crippen LogP contribution is 2.31. The molecule has 0 aromatic heterocycles. The molecule has 2 fully saturated rings. The first kappa shape index (κ1) is 15.0. The van der Waals surface area contributed by atoms with Crippen LogP contribution in [0.25, 0.3) is 0 Å². The van der Waals surface area contributed by atoms with Crippen molar-refractivity contribution in [1.82, 2.24) is 15.5 Å². The van der Waals surface area contributed by atoms with Gasteiger partial charge in [0.2, 0.25) is 11.8 Å². The van der Waals surface area contributed by atoms with E-state index < -0.39 is 23.8 Å². The van der Waals surface area contributed by atoms with Gasteiger partial charge in [-0.15, -0.1) is 0 Å². The number of amides is 4. The van der Waals surface area contributed by atoms with Crippen molar-refractivity contribution in [3.05, 3.63) is 34.9 Å². The third-order valence-corrected chi connectivity index (χ3v) is 5.00. The molecule has 3 heterocycles. The lowest BCUT2D eigenvalue weighted by atomic mass is 9.95. The average Bonchev–Trinajstić information content (AvgIpc) is 3.17. The van der Waals surface area contributed by atoms with Gasteiger partial charge in [-0.1, -0.05) is 6.07 Å². The van der Waals surface area contributed by atoms with Crippen LogP contribution in [-0.4, -0.2) is 47.7 Å². The van der Waals surface area contributed by atoms with E-state index in [0.29, 0.717) is 17.0 Å². The summed E-state index contributed by atoms with van der Waals surface area (Å²) in [6.07, 6.45) is 1.30. The second kappa shape index (κ2) is 5.52. The summed E-state index contributed by atoms with van der Waals surface area (Å²) >= 11 is 0. The predicted molar refractivity (Wildman–Crippen MR) is 83.3 cm³/mol. The minimum absolute atomic E-state index is 0.128. The normalized spacial score (nSPS) is 26.8. The number of rotatable bonds is 2. The first-order valence-electron chi connectivity index (χ1n) is 8.12. The highest BCUT2D eigenvalue weighted by Gasteiger charge is 2.44. The molecule has 3 aliphatic rings. The highest BCUT2D eigenvalue weighted by molar-refractivity contribution is 6.23. The summed E-state index contributed by atoms with van der Waals surface area (Å²) in [7, 11) is 0. The molecule has 1 aromatic rings. The molecule has 0 saturated carbocycles. The van der Waals surface area contributed by atoms with E-state index in [0.717, 1.165) is 30.0 Å². The summed E-state index contributed by atoms with van der Waals surface area (Å²) in [5.74, 6) is -1.52. The van der Waals surface area contributed by atoms with Crippen LogP contribution in [0.2, 0.25) is 0 Å². The van der Waals surface area contributed by atoms with E-state index in [9.17, 15) is 19.2 Å². The van der Waals surface area contributed by atoms with Gasteiger partial charge < -0.3 is 5.32 Å². The minimum atomic E-state index is -0.910. The van der Waals surface area contributed by atoms with E-state index >= 15 is 0 Å². The Morgan fingerprint density at radius 1 is 1.00 bits per heavy atom. The van der Waals surface area contributed by atoms with E-state index in [1.807, 2.05) is 6.07 Å². The Bertz CT molecular complexity index is 767. The molecule has 3 aliphatic heterocycles. The van der Waals surface area contributed by atoms with Crippen LogP contribution >= 0.6 is 0 Å². The molecule has 0 radical (unpaired) electrons. The van der Waals surface area contributed by atoms with Gasteiger partial charge in [-0.05, 0) is 43.0 Å². The molecule has 2 unspecified atom stereocenters. The van der Waals surface area contributed by atoms with Crippen LogP contribution in [0.4, 0.5) is 0 Å². The number of imide groups is 2. The maximum Gasteiger partial charge on any atom is 0.262 e. The highest BCUT2D eigenvalue weighted by atomic mass is 16.2. The van der Waals surface area contributed by atoms with Gasteiger partial charge in [0, 0.05) is 13.0 Å². The Hall–Kier alpha value is -2.54. The lowest BCUT2D eigenvalue weighted by Gasteiger charge is -2.27. The molecule has 0 bridgehead atoms. The molecule has 2 atom stereocenters. The molecule has 1 aromatic carbocycles. The number of hydrogen-bond donors (Lipinski definition) is 2. The van der Waals surface area contributed by atoms with Gasteiger partial charge in [-0.3, -0.25) is 29.4 Å². The molecule has 4 rings (SSSR count). The summed E-state index contributed by atoms with van der Waals surface area (Å²) in [6, 6.07) is 4.43. The van der Waals surface area contributed by atoms with Crippen molar-refractivity contribution in [2.45, 2.75) is 31.2 Å². The molecule has 7 heteroatoms. The fraction of sp³-hybridized carbons (Fsp3) is 0.412. The zero-order valence-electron chi connectivity index (χ0n) is 13.0. The number of fused-ring (bicyclic) bond motifs is 1. The first-order valence-corrected chi connectivity index (χ1v) is 8.12. The Balaban J connectivity index is 1.65. The van der Waals surface area contributed by atoms with Gasteiger partial charge in [0.15, 0.2) is 0 Å². The van der Waals surface area contributed by atoms with Crippen molar-refractivity contribution >= 4 is 23.6 Å². The number of benzene rings is 1. The van der Waals surface area contributed by atoms with E-state index in [4.69, 9.17) is 0 Å². The topological polar surface area (TPSA) is 95.6 Å². The summed E-state index contributed by atoms with van der Waals surface area (Å²) in [5.41, 5.74) is 1.72. The molecule has 124 valence electrons. The van der Waals surface area contributed by atoms with Crippen LogP contribution in [0.15, 0.2) is 18.2 Å². The molecule has 24 heavy (non-hydrogen) atoms. The summed E-state index contributed by atoms with van der Waals surface area (Å²) in [5, 5.41) is 5.48. The Morgan fingerprint density at radius 2 is 1.79 bits per heavy atom. The molecule has 4 amide bonds. The molecule has 0 spiro atoms. The van der Waals surface area contributed by atoms with E-state index in [1.54, 1.807) is 12.1 Å². The maximum atomic E-state index is 12.7. The van der Waals surface area contributed by atoms with Gasteiger partial charge in [-0.2, -0.15) is 0 Å². The lowest BCUT2D eigenvalue weighted by Crippen LogP contribution is -2.54. The zero-order valence-corrected chi connectivity index (χ0v) is 13.0. The minimum Gasteiger partial charge on any atom is -0.316 e. The number of piperidine rings is 1. The molecule has 2 saturated heterocycles. The standard InChI is InChI=1S/C17H17N3O4/c21-14-4-3-13(15(22)19-14)20-16(23)11-2-1-9(7-12(11)17(20)24)10-5-6-18-8-10/h1-2,7,10,13,18H,3-6,8H2,(H,19,21,22). The largest absolute Gasteiger partial charge is 0.316 e. The van der Waals surface area contributed by atoms with Crippen molar-refractivity contribution in [3.8, 4) is 0 Å². The van der Waals surface area contributed by atoms with Gasteiger partial charge in [0.1, 0.15) is 6.04 Å². The SMILES string of the molecule is O=C1CCC(N2C(=O)c3ccc(C4CCNC4)cc3C2=O)C(=O)N1. The summed E-state index contributed by atoms with van der Waals surface area (Å²) < 4.78 is 0. The van der Waals surface area contributed by atoms with Crippen LogP contribution in [0.1, 0.15) is 51.5 Å². The van der Waals surface area contributed by atoms with Crippen molar-refractivity contribution in [1.29, 1.82) is 0 Å². The van der Waals surface area contributed by atoms with Crippen molar-refractivity contribution in [2.75, 3.05) is 13.1 Å². The fourth-order valence-corrected chi connectivity index (χ4v) is 3.68. The van der Waals surface area contributed by atoms with Gasteiger partial charge >= 0.3 is 0 Å². The van der Waals surface area contributed by atoms with Gasteiger partial charge in [-0.25, -0.2) is 0 Å². The number of hydrogen-bond acceptors (Lipinski definition) is 5. The molecular weight excluding hydrogens is 310 g/mol. The van der Waals surface area contributed by atoms with Crippen LogP contribution in [-0.2, 0) is 9.59 Å². The Kier molecular flexibility index (Phi) is 3.45. The monoisotopic (exact) mass is 327 g/mol. The molecule has 7 nitrogen and oxygen atoms in total. The third-order valence-electron chi connectivity index (χ3n) is 5.00. The number of nitrogens with one attached hydrogen (secondary N) is 2. The fourth-order valence-electron chi connectivity index (χ4n) is 3.68. The van der Waals surface area contributed by atoms with Crippen LogP contribution in [0.5, 0.6) is 0 Å². The van der Waals surface area contributed by atoms with Crippen molar-refractivity contribution in [3.63, 3.8) is 0 Å². The maximum absolute atomic E-state index is 12.7. The number of carbonyl (C=O) groups excluding carboxylic acids is 4. The Labute approximate surface area is 138 Å². The quantitative estimate of drug-likeness (QED) is 0.755. The van der Waals surface area contributed by atoms with E-state index in [1.165, 1.54) is 0 Å². The smallest absolute Gasteiger partial charge is 0.262 e. The summed E-state index contributed by atoms with van der Waals surface area (Å²) in [4.78, 5) is 49.6. The predicted octanol–water partition coefficient (Wildman–Crippen LogP) is 0.165.